The summed E-state index contributed by atoms with van der Waals surface area (Å²) in [5.74, 6) is -0.515. The Morgan fingerprint density at radius 1 is 1.38 bits per heavy atom. The maximum Gasteiger partial charge on any atom is 0.150 e. The van der Waals surface area contributed by atoms with Gasteiger partial charge >= 0.3 is 0 Å². The van der Waals surface area contributed by atoms with Crippen molar-refractivity contribution in [3.63, 3.8) is 0 Å². The molecule has 2 unspecified atom stereocenters. The highest BCUT2D eigenvalue weighted by Gasteiger charge is 2.38. The molecule has 82 valence electrons. The van der Waals surface area contributed by atoms with E-state index < -0.39 is 11.5 Å². The van der Waals surface area contributed by atoms with E-state index in [2.05, 4.69) is 0 Å². The number of nitrogens with zero attached hydrogens (tertiary/aromatic N) is 1. The zero-order valence-corrected chi connectivity index (χ0v) is 9.02. The highest BCUT2D eigenvalue weighted by Crippen LogP contribution is 2.35. The van der Waals surface area contributed by atoms with Crippen molar-refractivity contribution in [3.8, 4) is 6.07 Å². The maximum absolute atomic E-state index is 11.5. The number of nitrogens with two attached hydrogens (primary N) is 1. The summed E-state index contributed by atoms with van der Waals surface area (Å²) >= 11 is 0. The van der Waals surface area contributed by atoms with Crippen LogP contribution in [0.25, 0.3) is 0 Å². The largest absolute Gasteiger partial charge is 0.321 e. The third-order valence-corrected chi connectivity index (χ3v) is 3.28. The normalized spacial score (nSPS) is 29.8. The van der Waals surface area contributed by atoms with Gasteiger partial charge in [-0.15, -0.1) is 0 Å². The average Bonchev–Trinajstić information content (AvgIpc) is 2.34. The first-order valence-electron chi connectivity index (χ1n) is 5.42. The zero-order chi connectivity index (χ0) is 11.6. The molecule has 1 saturated carbocycles. The molecule has 0 aromatic heterocycles. The second-order valence-electron chi connectivity index (χ2n) is 4.37. The summed E-state index contributed by atoms with van der Waals surface area (Å²) in [6, 6.07) is 11.8. The standard InChI is InChI=1S/C13H14N2O/c14-9-10-8-13(15,7-6-12(10)16)11-4-2-1-3-5-11/h1-5,10H,6-8,15H2. The minimum atomic E-state index is -0.543. The summed E-state index contributed by atoms with van der Waals surface area (Å²) in [5, 5.41) is 8.91. The van der Waals surface area contributed by atoms with Gasteiger partial charge in [0.1, 0.15) is 11.7 Å². The number of hydrogen-bond acceptors (Lipinski definition) is 3. The highest BCUT2D eigenvalue weighted by atomic mass is 16.1. The molecule has 1 aromatic carbocycles. The number of hydrogen-bond donors (Lipinski definition) is 1. The van der Waals surface area contributed by atoms with Crippen molar-refractivity contribution < 1.29 is 4.79 Å². The van der Waals surface area contributed by atoms with Crippen molar-refractivity contribution in [2.45, 2.75) is 24.8 Å². The van der Waals surface area contributed by atoms with Crippen molar-refractivity contribution in [1.82, 2.24) is 0 Å². The minimum Gasteiger partial charge on any atom is -0.321 e. The number of nitriles is 1. The molecule has 0 bridgehead atoms. The summed E-state index contributed by atoms with van der Waals surface area (Å²) in [4.78, 5) is 11.5. The van der Waals surface area contributed by atoms with Gasteiger partial charge in [-0.25, -0.2) is 0 Å². The summed E-state index contributed by atoms with van der Waals surface area (Å²) < 4.78 is 0. The molecule has 1 aliphatic carbocycles. The molecule has 3 nitrogen and oxygen atoms in total. The van der Waals surface area contributed by atoms with Crippen LogP contribution in [0, 0.1) is 17.2 Å². The maximum atomic E-state index is 11.5. The number of Topliss-reactive ketones (excluding diaryl/α,β-unsaturated/α-hetero) is 1. The Balaban J connectivity index is 2.28. The number of carbonyl (C=O) groups excluding carboxylic acids is 1. The van der Waals surface area contributed by atoms with Gasteiger partial charge in [0, 0.05) is 12.0 Å². The van der Waals surface area contributed by atoms with E-state index in [1.807, 2.05) is 36.4 Å². The van der Waals surface area contributed by atoms with Crippen molar-refractivity contribution in [2.75, 3.05) is 0 Å². The van der Waals surface area contributed by atoms with E-state index in [0.29, 0.717) is 19.3 Å². The van der Waals surface area contributed by atoms with E-state index in [1.54, 1.807) is 0 Å². The first-order chi connectivity index (χ1) is 7.65. The van der Waals surface area contributed by atoms with Crippen molar-refractivity contribution >= 4 is 5.78 Å². The van der Waals surface area contributed by atoms with Gasteiger partial charge in [0.15, 0.2) is 0 Å². The molecule has 1 fully saturated rings. The topological polar surface area (TPSA) is 66.9 Å². The lowest BCUT2D eigenvalue weighted by molar-refractivity contribution is -0.124. The number of ketones is 1. The van der Waals surface area contributed by atoms with E-state index in [1.165, 1.54) is 0 Å². The monoisotopic (exact) mass is 214 g/mol. The predicted molar refractivity (Wildman–Crippen MR) is 60.3 cm³/mol. The molecule has 0 aliphatic heterocycles. The summed E-state index contributed by atoms with van der Waals surface area (Å²) in [5.41, 5.74) is 6.80. The zero-order valence-electron chi connectivity index (χ0n) is 9.02. The number of rotatable bonds is 1. The summed E-state index contributed by atoms with van der Waals surface area (Å²) in [6.07, 6.45) is 1.48. The Kier molecular flexibility index (Phi) is 2.76. The SMILES string of the molecule is N#CC1CC(N)(c2ccccc2)CCC1=O. The van der Waals surface area contributed by atoms with E-state index in [4.69, 9.17) is 11.0 Å². The van der Waals surface area contributed by atoms with Gasteiger partial charge in [-0.1, -0.05) is 30.3 Å². The Bertz CT molecular complexity index is 435. The van der Waals surface area contributed by atoms with Gasteiger partial charge < -0.3 is 5.73 Å². The summed E-state index contributed by atoms with van der Waals surface area (Å²) in [6.45, 7) is 0. The first kappa shape index (κ1) is 10.8. The van der Waals surface area contributed by atoms with Gasteiger partial charge in [0.25, 0.3) is 0 Å². The molecule has 0 heterocycles. The molecule has 0 saturated heterocycles. The lowest BCUT2D eigenvalue weighted by atomic mass is 9.72. The van der Waals surface area contributed by atoms with E-state index in [9.17, 15) is 4.79 Å². The fourth-order valence-electron chi connectivity index (χ4n) is 2.25. The molecule has 1 aliphatic rings. The Labute approximate surface area is 94.9 Å². The average molecular weight is 214 g/mol. The van der Waals surface area contributed by atoms with Gasteiger partial charge in [-0.2, -0.15) is 5.26 Å². The van der Waals surface area contributed by atoms with Crippen LogP contribution in [-0.4, -0.2) is 5.78 Å². The van der Waals surface area contributed by atoms with Crippen molar-refractivity contribution in [1.29, 1.82) is 5.26 Å². The lowest BCUT2D eigenvalue weighted by Gasteiger charge is -2.35. The van der Waals surface area contributed by atoms with E-state index >= 15 is 0 Å². The van der Waals surface area contributed by atoms with Crippen LogP contribution >= 0.6 is 0 Å². The fourth-order valence-corrected chi connectivity index (χ4v) is 2.25. The summed E-state index contributed by atoms with van der Waals surface area (Å²) in [7, 11) is 0. The molecule has 2 rings (SSSR count). The highest BCUT2D eigenvalue weighted by molar-refractivity contribution is 5.84. The second kappa shape index (κ2) is 4.07. The second-order valence-corrected chi connectivity index (χ2v) is 4.37. The quantitative estimate of drug-likeness (QED) is 0.774. The number of carbonyl (C=O) groups is 1. The molecule has 3 heteroatoms. The van der Waals surface area contributed by atoms with Crippen LogP contribution < -0.4 is 5.73 Å². The molecule has 16 heavy (non-hydrogen) atoms. The molecule has 1 aromatic rings. The molecular formula is C13H14N2O. The molecule has 0 spiro atoms. The predicted octanol–water partition coefficient (Wildman–Crippen LogP) is 1.73. The number of benzene rings is 1. The Morgan fingerprint density at radius 3 is 2.69 bits per heavy atom. The molecule has 2 atom stereocenters. The van der Waals surface area contributed by atoms with Crippen LogP contribution in [0.2, 0.25) is 0 Å². The van der Waals surface area contributed by atoms with Crippen LogP contribution in [0.15, 0.2) is 30.3 Å². The van der Waals surface area contributed by atoms with Crippen molar-refractivity contribution in [2.24, 2.45) is 11.7 Å². The van der Waals surface area contributed by atoms with Gasteiger partial charge in [0.05, 0.1) is 6.07 Å². The van der Waals surface area contributed by atoms with Crippen LogP contribution in [-0.2, 0) is 10.3 Å². The molecular weight excluding hydrogens is 200 g/mol. The fraction of sp³-hybridized carbons (Fsp3) is 0.385. The van der Waals surface area contributed by atoms with Gasteiger partial charge in [-0.3, -0.25) is 4.79 Å². The smallest absolute Gasteiger partial charge is 0.150 e. The molecule has 0 radical (unpaired) electrons. The van der Waals surface area contributed by atoms with E-state index in [0.717, 1.165) is 5.56 Å². The molecule has 0 amide bonds. The first-order valence-corrected chi connectivity index (χ1v) is 5.42. The lowest BCUT2D eigenvalue weighted by Crippen LogP contribution is -2.44. The molecule has 2 N–H and O–H groups in total. The van der Waals surface area contributed by atoms with E-state index in [-0.39, 0.29) is 5.78 Å². The van der Waals surface area contributed by atoms with Crippen LogP contribution in [0.5, 0.6) is 0 Å². The van der Waals surface area contributed by atoms with Crippen molar-refractivity contribution in [3.05, 3.63) is 35.9 Å². The van der Waals surface area contributed by atoms with Crippen LogP contribution in [0.1, 0.15) is 24.8 Å². The minimum absolute atomic E-state index is 0.0273. The third-order valence-electron chi connectivity index (χ3n) is 3.28. The van der Waals surface area contributed by atoms with Crippen LogP contribution in [0.4, 0.5) is 0 Å². The third kappa shape index (κ3) is 1.84. The Morgan fingerprint density at radius 2 is 2.06 bits per heavy atom. The van der Waals surface area contributed by atoms with Crippen LogP contribution in [0.3, 0.4) is 0 Å². The van der Waals surface area contributed by atoms with Gasteiger partial charge in [-0.05, 0) is 18.4 Å². The Hall–Kier alpha value is -1.66. The van der Waals surface area contributed by atoms with Gasteiger partial charge in [0.2, 0.25) is 0 Å².